The van der Waals surface area contributed by atoms with Gasteiger partial charge in [-0.15, -0.1) is 11.3 Å². The molecule has 0 bridgehead atoms. The molecule has 1 N–H and O–H groups in total. The fraction of sp³-hybridized carbons (Fsp3) is 0.429. The first kappa shape index (κ1) is 14.7. The summed E-state index contributed by atoms with van der Waals surface area (Å²) in [6.45, 7) is 4.83. The van der Waals surface area contributed by atoms with Crippen molar-refractivity contribution in [3.63, 3.8) is 0 Å². The predicted molar refractivity (Wildman–Crippen MR) is 79.4 cm³/mol. The smallest absolute Gasteiger partial charge is 0.224 e. The van der Waals surface area contributed by atoms with E-state index >= 15 is 0 Å². The van der Waals surface area contributed by atoms with Gasteiger partial charge in [0.2, 0.25) is 11.8 Å². The van der Waals surface area contributed by atoms with Crippen LogP contribution in [0.25, 0.3) is 0 Å². The maximum atomic E-state index is 5.26. The zero-order valence-corrected chi connectivity index (χ0v) is 13.0. The summed E-state index contributed by atoms with van der Waals surface area (Å²) in [4.78, 5) is 10.8. The lowest BCUT2D eigenvalue weighted by molar-refractivity contribution is 0.357. The number of nitrogens with one attached hydrogen (secondary N) is 1. The van der Waals surface area contributed by atoms with Gasteiger partial charge in [0, 0.05) is 22.3 Å². The molecular formula is C14H19N3O2S. The molecule has 0 aliphatic carbocycles. The van der Waals surface area contributed by atoms with Crippen molar-refractivity contribution in [1.29, 1.82) is 0 Å². The molecule has 0 aliphatic rings. The lowest BCUT2D eigenvalue weighted by Crippen LogP contribution is -2.18. The highest BCUT2D eigenvalue weighted by Gasteiger charge is 2.15. The maximum absolute atomic E-state index is 5.26. The molecule has 20 heavy (non-hydrogen) atoms. The van der Waals surface area contributed by atoms with Gasteiger partial charge >= 0.3 is 0 Å². The number of aromatic nitrogens is 2. The van der Waals surface area contributed by atoms with Crippen LogP contribution >= 0.6 is 11.3 Å². The van der Waals surface area contributed by atoms with Crippen LogP contribution in [0.5, 0.6) is 11.8 Å². The van der Waals surface area contributed by atoms with Crippen molar-refractivity contribution in [3.8, 4) is 11.8 Å². The van der Waals surface area contributed by atoms with Crippen LogP contribution in [0.3, 0.4) is 0 Å². The lowest BCUT2D eigenvalue weighted by atomic mass is 10.2. The zero-order chi connectivity index (χ0) is 14.5. The molecule has 5 nitrogen and oxygen atoms in total. The summed E-state index contributed by atoms with van der Waals surface area (Å²) in [5.41, 5.74) is 0.831. The number of aryl methyl sites for hydroxylation is 1. The topological polar surface area (TPSA) is 56.3 Å². The molecule has 1 atom stereocenters. The average molecular weight is 293 g/mol. The standard InChI is InChI=1S/C14H19N3O2S/c1-9-5-6-12(20-9)10(2)15-7-11-13(18-3)16-8-17-14(11)19-4/h5-6,8,10,15H,7H2,1-4H3. The van der Waals surface area contributed by atoms with E-state index in [1.807, 2.05) is 0 Å². The molecule has 0 spiro atoms. The van der Waals surface area contributed by atoms with Crippen LogP contribution in [0.1, 0.15) is 28.3 Å². The second kappa shape index (κ2) is 6.67. The summed E-state index contributed by atoms with van der Waals surface area (Å²) in [5, 5.41) is 3.45. The first-order valence-corrected chi connectivity index (χ1v) is 7.19. The number of hydrogen-bond donors (Lipinski definition) is 1. The van der Waals surface area contributed by atoms with E-state index in [4.69, 9.17) is 9.47 Å². The van der Waals surface area contributed by atoms with Gasteiger partial charge in [0.05, 0.1) is 19.8 Å². The minimum absolute atomic E-state index is 0.253. The van der Waals surface area contributed by atoms with Crippen molar-refractivity contribution in [2.24, 2.45) is 0 Å². The highest BCUT2D eigenvalue weighted by Crippen LogP contribution is 2.26. The number of thiophene rings is 1. The minimum Gasteiger partial charge on any atom is -0.481 e. The molecule has 0 saturated heterocycles. The summed E-state index contributed by atoms with van der Waals surface area (Å²) in [5.74, 6) is 1.08. The molecule has 0 amide bonds. The Morgan fingerprint density at radius 2 is 1.85 bits per heavy atom. The van der Waals surface area contributed by atoms with Crippen LogP contribution in [0.4, 0.5) is 0 Å². The Morgan fingerprint density at radius 3 is 2.35 bits per heavy atom. The molecular weight excluding hydrogens is 274 g/mol. The second-order valence-corrected chi connectivity index (χ2v) is 5.74. The van der Waals surface area contributed by atoms with E-state index in [0.29, 0.717) is 18.3 Å². The molecule has 0 aliphatic heterocycles. The highest BCUT2D eigenvalue weighted by molar-refractivity contribution is 7.12. The third kappa shape index (κ3) is 3.26. The summed E-state index contributed by atoms with van der Waals surface area (Å²) in [6.07, 6.45) is 1.44. The van der Waals surface area contributed by atoms with Crippen molar-refractivity contribution in [2.75, 3.05) is 14.2 Å². The van der Waals surface area contributed by atoms with E-state index in [9.17, 15) is 0 Å². The van der Waals surface area contributed by atoms with E-state index < -0.39 is 0 Å². The molecule has 0 fully saturated rings. The number of hydrogen-bond acceptors (Lipinski definition) is 6. The molecule has 6 heteroatoms. The van der Waals surface area contributed by atoms with E-state index in [1.165, 1.54) is 16.1 Å². The normalized spacial score (nSPS) is 12.2. The van der Waals surface area contributed by atoms with Crippen molar-refractivity contribution in [2.45, 2.75) is 26.4 Å². The van der Waals surface area contributed by atoms with Crippen LogP contribution in [-0.4, -0.2) is 24.2 Å². The van der Waals surface area contributed by atoms with Gasteiger partial charge in [0.15, 0.2) is 0 Å². The highest BCUT2D eigenvalue weighted by atomic mass is 32.1. The quantitative estimate of drug-likeness (QED) is 0.887. The summed E-state index contributed by atoms with van der Waals surface area (Å²) in [7, 11) is 3.19. The molecule has 0 aromatic carbocycles. The van der Waals surface area contributed by atoms with E-state index in [2.05, 4.69) is 41.3 Å². The van der Waals surface area contributed by atoms with Gasteiger partial charge in [-0.05, 0) is 26.0 Å². The molecule has 2 rings (SSSR count). The molecule has 1 unspecified atom stereocenters. The van der Waals surface area contributed by atoms with E-state index in [0.717, 1.165) is 5.56 Å². The van der Waals surface area contributed by atoms with Crippen LogP contribution < -0.4 is 14.8 Å². The van der Waals surface area contributed by atoms with Crippen molar-refractivity contribution < 1.29 is 9.47 Å². The van der Waals surface area contributed by atoms with Crippen LogP contribution in [-0.2, 0) is 6.54 Å². The Labute approximate surface area is 123 Å². The Balaban J connectivity index is 2.10. The summed E-state index contributed by atoms with van der Waals surface area (Å²) < 4.78 is 10.5. The third-order valence-electron chi connectivity index (χ3n) is 3.03. The lowest BCUT2D eigenvalue weighted by Gasteiger charge is -2.15. The summed E-state index contributed by atoms with van der Waals surface area (Å²) in [6, 6.07) is 4.53. The Hall–Kier alpha value is -1.66. The van der Waals surface area contributed by atoms with Gasteiger partial charge in [-0.2, -0.15) is 0 Å². The SMILES string of the molecule is COc1ncnc(OC)c1CNC(C)c1ccc(C)s1. The molecule has 108 valence electrons. The largest absolute Gasteiger partial charge is 0.481 e. The second-order valence-electron chi connectivity index (χ2n) is 4.42. The first-order valence-electron chi connectivity index (χ1n) is 6.37. The van der Waals surface area contributed by atoms with Gasteiger partial charge in [-0.1, -0.05) is 0 Å². The number of rotatable bonds is 6. The first-order chi connectivity index (χ1) is 9.65. The number of ether oxygens (including phenoxy) is 2. The predicted octanol–water partition coefficient (Wildman–Crippen LogP) is 2.71. The molecule has 0 saturated carbocycles. The van der Waals surface area contributed by atoms with Gasteiger partial charge in [-0.3, -0.25) is 0 Å². The van der Waals surface area contributed by atoms with Crippen molar-refractivity contribution >= 4 is 11.3 Å². The average Bonchev–Trinajstić information content (AvgIpc) is 2.90. The minimum atomic E-state index is 0.253. The summed E-state index contributed by atoms with van der Waals surface area (Å²) >= 11 is 1.79. The van der Waals surface area contributed by atoms with Crippen LogP contribution in [0.2, 0.25) is 0 Å². The van der Waals surface area contributed by atoms with Gasteiger partial charge in [0.25, 0.3) is 0 Å². The van der Waals surface area contributed by atoms with Gasteiger partial charge in [0.1, 0.15) is 6.33 Å². The van der Waals surface area contributed by atoms with E-state index in [-0.39, 0.29) is 6.04 Å². The number of nitrogens with zero attached hydrogens (tertiary/aromatic N) is 2. The maximum Gasteiger partial charge on any atom is 0.224 e. The monoisotopic (exact) mass is 293 g/mol. The fourth-order valence-corrected chi connectivity index (χ4v) is 2.83. The van der Waals surface area contributed by atoms with Crippen molar-refractivity contribution in [3.05, 3.63) is 33.8 Å². The number of methoxy groups -OCH3 is 2. The molecule has 2 heterocycles. The molecule has 2 aromatic rings. The Kier molecular flexibility index (Phi) is 4.92. The van der Waals surface area contributed by atoms with Crippen molar-refractivity contribution in [1.82, 2.24) is 15.3 Å². The molecule has 0 radical (unpaired) electrons. The third-order valence-corrected chi connectivity index (χ3v) is 4.21. The van der Waals surface area contributed by atoms with Gasteiger partial charge < -0.3 is 14.8 Å². The van der Waals surface area contributed by atoms with Crippen LogP contribution in [0.15, 0.2) is 18.5 Å². The Morgan fingerprint density at radius 1 is 1.20 bits per heavy atom. The van der Waals surface area contributed by atoms with Gasteiger partial charge in [-0.25, -0.2) is 9.97 Å². The van der Waals surface area contributed by atoms with E-state index in [1.54, 1.807) is 25.6 Å². The Bertz CT molecular complexity index is 549. The molecule has 2 aromatic heterocycles. The van der Waals surface area contributed by atoms with Crippen LogP contribution in [0, 0.1) is 6.92 Å². The fourth-order valence-electron chi connectivity index (χ4n) is 1.93. The zero-order valence-electron chi connectivity index (χ0n) is 12.1.